The monoisotopic (exact) mass is 447 g/mol. The van der Waals surface area contributed by atoms with E-state index in [1.54, 1.807) is 37.3 Å². The molecule has 0 aliphatic heterocycles. The standard InChI is InChI=1S/C22H22ClNO5S/c1-3-29-22(28)18-17(13-8-10-14(23)11-9-13)12(2)30-20(18)24-19(25)15-6-4-5-7-16(15)21(26)27/h4-5,8-11,15-16H,3,6-7H2,1-2H3,(H,24,25)(H,26,27)/t15-,16-/m0/s1. The highest BCUT2D eigenvalue weighted by Crippen LogP contribution is 2.41. The van der Waals surface area contributed by atoms with Crippen LogP contribution in [-0.2, 0) is 14.3 Å². The number of anilines is 1. The quantitative estimate of drug-likeness (QED) is 0.471. The lowest BCUT2D eigenvalue weighted by Gasteiger charge is -2.24. The van der Waals surface area contributed by atoms with Gasteiger partial charge in [-0.1, -0.05) is 35.9 Å². The number of nitrogens with one attached hydrogen (secondary N) is 1. The normalized spacial score (nSPS) is 18.1. The highest BCUT2D eigenvalue weighted by molar-refractivity contribution is 7.17. The summed E-state index contributed by atoms with van der Waals surface area (Å²) in [4.78, 5) is 38.1. The zero-order valence-electron chi connectivity index (χ0n) is 16.6. The molecule has 1 amide bonds. The number of aryl methyl sites for hydroxylation is 1. The second-order valence-electron chi connectivity index (χ2n) is 6.95. The molecule has 1 aliphatic rings. The lowest BCUT2D eigenvalue weighted by molar-refractivity contribution is -0.146. The summed E-state index contributed by atoms with van der Waals surface area (Å²) in [6.07, 6.45) is 4.24. The Morgan fingerprint density at radius 2 is 1.80 bits per heavy atom. The van der Waals surface area contributed by atoms with E-state index in [9.17, 15) is 19.5 Å². The molecule has 6 nitrogen and oxygen atoms in total. The molecular weight excluding hydrogens is 426 g/mol. The fourth-order valence-electron chi connectivity index (χ4n) is 3.58. The molecule has 0 saturated carbocycles. The first kappa shape index (κ1) is 22.1. The van der Waals surface area contributed by atoms with E-state index in [0.717, 1.165) is 10.4 Å². The summed E-state index contributed by atoms with van der Waals surface area (Å²) in [5.41, 5.74) is 1.72. The molecule has 0 saturated heterocycles. The summed E-state index contributed by atoms with van der Waals surface area (Å²) in [5.74, 6) is -3.46. The van der Waals surface area contributed by atoms with E-state index in [1.807, 2.05) is 13.0 Å². The number of thiophene rings is 1. The number of halogens is 1. The second-order valence-corrected chi connectivity index (χ2v) is 8.61. The van der Waals surface area contributed by atoms with Crippen LogP contribution in [0.25, 0.3) is 11.1 Å². The van der Waals surface area contributed by atoms with Gasteiger partial charge < -0.3 is 15.2 Å². The van der Waals surface area contributed by atoms with Crippen molar-refractivity contribution in [2.45, 2.75) is 26.7 Å². The highest BCUT2D eigenvalue weighted by Gasteiger charge is 2.35. The maximum absolute atomic E-state index is 12.9. The third kappa shape index (κ3) is 4.57. The van der Waals surface area contributed by atoms with Crippen LogP contribution in [0.1, 0.15) is 35.0 Å². The van der Waals surface area contributed by atoms with Crippen LogP contribution in [0.2, 0.25) is 5.02 Å². The van der Waals surface area contributed by atoms with Gasteiger partial charge >= 0.3 is 11.9 Å². The largest absolute Gasteiger partial charge is 0.481 e. The number of hydrogen-bond acceptors (Lipinski definition) is 5. The van der Waals surface area contributed by atoms with Crippen molar-refractivity contribution in [3.63, 3.8) is 0 Å². The molecule has 158 valence electrons. The second kappa shape index (κ2) is 9.45. The number of esters is 1. The van der Waals surface area contributed by atoms with Gasteiger partial charge in [-0.3, -0.25) is 9.59 Å². The van der Waals surface area contributed by atoms with Crippen LogP contribution in [0.15, 0.2) is 36.4 Å². The first-order valence-corrected chi connectivity index (χ1v) is 10.8. The Morgan fingerprint density at radius 3 is 2.40 bits per heavy atom. The van der Waals surface area contributed by atoms with Crippen LogP contribution in [0.3, 0.4) is 0 Å². The smallest absolute Gasteiger partial charge is 0.341 e. The van der Waals surface area contributed by atoms with Gasteiger partial charge in [0.25, 0.3) is 0 Å². The van der Waals surface area contributed by atoms with Crippen molar-refractivity contribution in [3.05, 3.63) is 51.9 Å². The van der Waals surface area contributed by atoms with E-state index in [2.05, 4.69) is 5.32 Å². The van der Waals surface area contributed by atoms with Crippen LogP contribution in [-0.4, -0.2) is 29.6 Å². The average molecular weight is 448 g/mol. The van der Waals surface area contributed by atoms with E-state index in [4.69, 9.17) is 16.3 Å². The van der Waals surface area contributed by atoms with Crippen molar-refractivity contribution in [1.82, 2.24) is 0 Å². The Morgan fingerprint density at radius 1 is 1.17 bits per heavy atom. The molecule has 0 radical (unpaired) electrons. The molecule has 0 unspecified atom stereocenters. The molecular formula is C22H22ClNO5S. The summed E-state index contributed by atoms with van der Waals surface area (Å²) in [6.45, 7) is 3.76. The molecule has 8 heteroatoms. The van der Waals surface area contributed by atoms with Crippen LogP contribution >= 0.6 is 22.9 Å². The average Bonchev–Trinajstić information content (AvgIpc) is 3.04. The fraction of sp³-hybridized carbons (Fsp3) is 0.318. The molecule has 1 aromatic heterocycles. The Hall–Kier alpha value is -2.64. The van der Waals surface area contributed by atoms with Gasteiger partial charge in [0.05, 0.1) is 18.4 Å². The van der Waals surface area contributed by atoms with E-state index in [0.29, 0.717) is 28.4 Å². The minimum absolute atomic E-state index is 0.190. The van der Waals surface area contributed by atoms with Crippen LogP contribution in [0, 0.1) is 18.8 Å². The first-order chi connectivity index (χ1) is 14.3. The van der Waals surface area contributed by atoms with Gasteiger partial charge in [0, 0.05) is 15.5 Å². The fourth-order valence-corrected chi connectivity index (χ4v) is 4.77. The molecule has 0 bridgehead atoms. The van der Waals surface area contributed by atoms with E-state index < -0.39 is 29.7 Å². The van der Waals surface area contributed by atoms with Crippen molar-refractivity contribution in [2.24, 2.45) is 11.8 Å². The zero-order valence-corrected chi connectivity index (χ0v) is 18.2. The zero-order chi connectivity index (χ0) is 21.8. The highest BCUT2D eigenvalue weighted by atomic mass is 35.5. The Labute approximate surface area is 183 Å². The number of carbonyl (C=O) groups is 3. The van der Waals surface area contributed by atoms with Crippen LogP contribution < -0.4 is 5.32 Å². The molecule has 2 aromatic rings. The van der Waals surface area contributed by atoms with Gasteiger partial charge in [0.2, 0.25) is 5.91 Å². The van der Waals surface area contributed by atoms with Gasteiger partial charge in [-0.15, -0.1) is 11.3 Å². The number of carboxylic acid groups (broad SMARTS) is 1. The van der Waals surface area contributed by atoms with Crippen molar-refractivity contribution in [2.75, 3.05) is 11.9 Å². The summed E-state index contributed by atoms with van der Waals surface area (Å²) >= 11 is 7.26. The van der Waals surface area contributed by atoms with Crippen molar-refractivity contribution < 1.29 is 24.2 Å². The number of carbonyl (C=O) groups excluding carboxylic acids is 2. The summed E-state index contributed by atoms with van der Waals surface area (Å²) < 4.78 is 5.24. The maximum atomic E-state index is 12.9. The minimum Gasteiger partial charge on any atom is -0.481 e. The molecule has 0 spiro atoms. The van der Waals surface area contributed by atoms with Gasteiger partial charge in [-0.05, 0) is 44.4 Å². The predicted molar refractivity (Wildman–Crippen MR) is 117 cm³/mol. The van der Waals surface area contributed by atoms with Gasteiger partial charge in [0.1, 0.15) is 10.6 Å². The van der Waals surface area contributed by atoms with Crippen molar-refractivity contribution >= 4 is 45.8 Å². The van der Waals surface area contributed by atoms with Gasteiger partial charge in [-0.2, -0.15) is 0 Å². The molecule has 1 heterocycles. The van der Waals surface area contributed by atoms with Crippen molar-refractivity contribution in [3.8, 4) is 11.1 Å². The molecule has 0 fully saturated rings. The maximum Gasteiger partial charge on any atom is 0.341 e. The summed E-state index contributed by atoms with van der Waals surface area (Å²) in [7, 11) is 0. The predicted octanol–water partition coefficient (Wildman–Crippen LogP) is 5.16. The van der Waals surface area contributed by atoms with E-state index in [1.165, 1.54) is 11.3 Å². The Kier molecular flexibility index (Phi) is 6.95. The van der Waals surface area contributed by atoms with Crippen LogP contribution in [0.4, 0.5) is 5.00 Å². The lowest BCUT2D eigenvalue weighted by atomic mass is 9.82. The third-order valence-electron chi connectivity index (χ3n) is 5.02. The molecule has 2 atom stereocenters. The number of aliphatic carboxylic acids is 1. The Bertz CT molecular complexity index is 996. The lowest BCUT2D eigenvalue weighted by Crippen LogP contribution is -2.34. The third-order valence-corrected chi connectivity index (χ3v) is 6.29. The SMILES string of the molecule is CCOC(=O)c1c(NC(=O)[C@H]2CC=CC[C@@H]2C(=O)O)sc(C)c1-c1ccc(Cl)cc1. The van der Waals surface area contributed by atoms with E-state index >= 15 is 0 Å². The minimum atomic E-state index is -1.01. The van der Waals surface area contributed by atoms with Crippen molar-refractivity contribution in [1.29, 1.82) is 0 Å². The number of carboxylic acids is 1. The van der Waals surface area contributed by atoms with E-state index in [-0.39, 0.29) is 12.2 Å². The topological polar surface area (TPSA) is 92.7 Å². The number of ether oxygens (including phenoxy) is 1. The molecule has 30 heavy (non-hydrogen) atoms. The van der Waals surface area contributed by atoms with Crippen LogP contribution in [0.5, 0.6) is 0 Å². The molecule has 2 N–H and O–H groups in total. The number of allylic oxidation sites excluding steroid dienone is 2. The number of hydrogen-bond donors (Lipinski definition) is 2. The number of benzene rings is 1. The Balaban J connectivity index is 2.00. The number of rotatable bonds is 6. The van der Waals surface area contributed by atoms with Gasteiger partial charge in [0.15, 0.2) is 0 Å². The summed E-state index contributed by atoms with van der Waals surface area (Å²) in [6, 6.07) is 7.07. The molecule has 1 aromatic carbocycles. The van der Waals surface area contributed by atoms with Gasteiger partial charge in [-0.25, -0.2) is 4.79 Å². The molecule has 1 aliphatic carbocycles. The summed E-state index contributed by atoms with van der Waals surface area (Å²) in [5, 5.41) is 13.2. The number of amides is 1. The molecule has 3 rings (SSSR count). The first-order valence-electron chi connectivity index (χ1n) is 9.58.